The zero-order valence-corrected chi connectivity index (χ0v) is 11.6. The Morgan fingerprint density at radius 1 is 1.44 bits per heavy atom. The summed E-state index contributed by atoms with van der Waals surface area (Å²) in [4.78, 5) is 20.8. The van der Waals surface area contributed by atoms with E-state index in [0.29, 0.717) is 10.9 Å². The third-order valence-electron chi connectivity index (χ3n) is 2.12. The molecule has 2 heterocycles. The molecule has 0 radical (unpaired) electrons. The van der Waals surface area contributed by atoms with Gasteiger partial charge in [-0.15, -0.1) is 23.1 Å². The van der Waals surface area contributed by atoms with Crippen LogP contribution in [0, 0.1) is 6.92 Å². The van der Waals surface area contributed by atoms with Crippen LogP contribution in [-0.2, 0) is 10.5 Å². The van der Waals surface area contributed by atoms with E-state index in [1.807, 2.05) is 19.1 Å². The van der Waals surface area contributed by atoms with Gasteiger partial charge in [0, 0.05) is 29.2 Å². The number of nitrogens with zero attached hydrogens (tertiary/aromatic N) is 2. The van der Waals surface area contributed by atoms with Gasteiger partial charge in [-0.1, -0.05) is 0 Å². The Hall–Kier alpha value is -1.40. The van der Waals surface area contributed by atoms with Crippen LogP contribution < -0.4 is 5.32 Å². The number of thiazole rings is 1. The van der Waals surface area contributed by atoms with Crippen molar-refractivity contribution >= 4 is 34.1 Å². The Bertz CT molecular complexity index is 513. The van der Waals surface area contributed by atoms with Gasteiger partial charge < -0.3 is 5.32 Å². The summed E-state index contributed by atoms with van der Waals surface area (Å²) in [6.07, 6.45) is 5.27. The first kappa shape index (κ1) is 13.0. The lowest BCUT2D eigenvalue weighted by molar-refractivity contribution is -0.113. The summed E-state index contributed by atoms with van der Waals surface area (Å²) in [5.74, 6) is 1.23. The molecular weight excluding hydrogens is 266 g/mol. The summed E-state index contributed by atoms with van der Waals surface area (Å²) in [5, 5.41) is 3.45. The van der Waals surface area contributed by atoms with Crippen LogP contribution >= 0.6 is 23.1 Å². The zero-order valence-electron chi connectivity index (χ0n) is 9.92. The molecule has 0 aromatic carbocycles. The van der Waals surface area contributed by atoms with Crippen molar-refractivity contribution in [3.05, 3.63) is 41.2 Å². The van der Waals surface area contributed by atoms with Crippen LogP contribution in [0.5, 0.6) is 0 Å². The highest BCUT2D eigenvalue weighted by Gasteiger charge is 2.05. The van der Waals surface area contributed by atoms with Crippen LogP contribution in [-0.4, -0.2) is 21.6 Å². The number of carbonyl (C=O) groups excluding carboxylic acids is 1. The van der Waals surface area contributed by atoms with Gasteiger partial charge in [0.25, 0.3) is 0 Å². The molecule has 4 nitrogen and oxygen atoms in total. The van der Waals surface area contributed by atoms with Crippen LogP contribution in [0.15, 0.2) is 30.7 Å². The molecular formula is C12H13N3OS2. The van der Waals surface area contributed by atoms with E-state index < -0.39 is 0 Å². The first-order valence-electron chi connectivity index (χ1n) is 5.43. The van der Waals surface area contributed by atoms with Crippen LogP contribution in [0.2, 0.25) is 0 Å². The van der Waals surface area contributed by atoms with Crippen molar-refractivity contribution in [3.8, 4) is 0 Å². The van der Waals surface area contributed by atoms with Gasteiger partial charge in [-0.05, 0) is 24.6 Å². The third-order valence-corrected chi connectivity index (χ3v) is 3.95. The third kappa shape index (κ3) is 4.12. The van der Waals surface area contributed by atoms with Crippen LogP contribution in [0.1, 0.15) is 10.4 Å². The van der Waals surface area contributed by atoms with Crippen molar-refractivity contribution < 1.29 is 4.79 Å². The highest BCUT2D eigenvalue weighted by atomic mass is 32.2. The standard InChI is InChI=1S/C12H13N3OS2/c1-9-6-14-12(18-9)15-11(16)8-17-7-10-2-4-13-5-3-10/h2-6H,7-8H2,1H3,(H,14,15,16). The van der Waals surface area contributed by atoms with Crippen LogP contribution in [0.4, 0.5) is 5.13 Å². The molecule has 0 aliphatic heterocycles. The topological polar surface area (TPSA) is 54.9 Å². The Morgan fingerprint density at radius 3 is 2.89 bits per heavy atom. The molecule has 2 aromatic rings. The maximum absolute atomic E-state index is 11.6. The van der Waals surface area contributed by atoms with Crippen LogP contribution in [0.3, 0.4) is 0 Å². The molecule has 0 saturated carbocycles. The highest BCUT2D eigenvalue weighted by Crippen LogP contribution is 2.17. The number of aromatic nitrogens is 2. The number of amides is 1. The van der Waals surface area contributed by atoms with E-state index in [1.54, 1.807) is 30.4 Å². The number of carbonyl (C=O) groups is 1. The van der Waals surface area contributed by atoms with E-state index in [0.717, 1.165) is 10.6 Å². The van der Waals surface area contributed by atoms with Gasteiger partial charge in [0.1, 0.15) is 0 Å². The van der Waals surface area contributed by atoms with Crippen LogP contribution in [0.25, 0.3) is 0 Å². The van der Waals surface area contributed by atoms with Gasteiger partial charge in [0.05, 0.1) is 5.75 Å². The number of thioether (sulfide) groups is 1. The summed E-state index contributed by atoms with van der Waals surface area (Å²) < 4.78 is 0. The largest absolute Gasteiger partial charge is 0.301 e. The monoisotopic (exact) mass is 279 g/mol. The number of hydrogen-bond donors (Lipinski definition) is 1. The number of aryl methyl sites for hydroxylation is 1. The van der Waals surface area contributed by atoms with Gasteiger partial charge in [0.2, 0.25) is 5.91 Å². The summed E-state index contributed by atoms with van der Waals surface area (Å²) in [5.41, 5.74) is 1.17. The summed E-state index contributed by atoms with van der Waals surface area (Å²) in [7, 11) is 0. The molecule has 0 saturated heterocycles. The van der Waals surface area contributed by atoms with Crippen molar-refractivity contribution in [1.29, 1.82) is 0 Å². The smallest absolute Gasteiger partial charge is 0.236 e. The SMILES string of the molecule is Cc1cnc(NC(=O)CSCc2ccncc2)s1. The van der Waals surface area contributed by atoms with Crippen molar-refractivity contribution in [2.45, 2.75) is 12.7 Å². The lowest BCUT2D eigenvalue weighted by atomic mass is 10.3. The average molecular weight is 279 g/mol. The second kappa shape index (κ2) is 6.51. The number of rotatable bonds is 5. The molecule has 0 bridgehead atoms. The fraction of sp³-hybridized carbons (Fsp3) is 0.250. The number of hydrogen-bond acceptors (Lipinski definition) is 5. The minimum absolute atomic E-state index is 0.0107. The second-order valence-electron chi connectivity index (χ2n) is 3.67. The van der Waals surface area contributed by atoms with Gasteiger partial charge in [-0.3, -0.25) is 9.78 Å². The Kier molecular flexibility index (Phi) is 4.72. The van der Waals surface area contributed by atoms with Crippen molar-refractivity contribution in [3.63, 3.8) is 0 Å². The summed E-state index contributed by atoms with van der Waals surface area (Å²) >= 11 is 3.06. The lowest BCUT2D eigenvalue weighted by Crippen LogP contribution is -2.13. The quantitative estimate of drug-likeness (QED) is 0.914. The second-order valence-corrected chi connectivity index (χ2v) is 5.89. The fourth-order valence-corrected chi connectivity index (χ4v) is 2.78. The fourth-order valence-electron chi connectivity index (χ4n) is 1.31. The molecule has 2 aromatic heterocycles. The van der Waals surface area contributed by atoms with Crippen molar-refractivity contribution in [1.82, 2.24) is 9.97 Å². The zero-order chi connectivity index (χ0) is 12.8. The Labute approximate surface area is 114 Å². The van der Waals surface area contributed by atoms with Gasteiger partial charge in [-0.2, -0.15) is 0 Å². The van der Waals surface area contributed by atoms with E-state index in [-0.39, 0.29) is 5.91 Å². The molecule has 18 heavy (non-hydrogen) atoms. The van der Waals surface area contributed by atoms with E-state index in [9.17, 15) is 4.79 Å². The van der Waals surface area contributed by atoms with E-state index in [2.05, 4.69) is 15.3 Å². The molecule has 0 atom stereocenters. The van der Waals surface area contributed by atoms with Gasteiger partial charge in [-0.25, -0.2) is 4.98 Å². The molecule has 0 aliphatic rings. The Balaban J connectivity index is 1.72. The number of nitrogens with one attached hydrogen (secondary N) is 1. The predicted molar refractivity (Wildman–Crippen MR) is 75.9 cm³/mol. The van der Waals surface area contributed by atoms with E-state index in [1.165, 1.54) is 16.9 Å². The number of pyridine rings is 1. The molecule has 2 rings (SSSR count). The first-order chi connectivity index (χ1) is 8.74. The lowest BCUT2D eigenvalue weighted by Gasteiger charge is -2.02. The highest BCUT2D eigenvalue weighted by molar-refractivity contribution is 7.99. The van der Waals surface area contributed by atoms with E-state index >= 15 is 0 Å². The van der Waals surface area contributed by atoms with Crippen molar-refractivity contribution in [2.75, 3.05) is 11.1 Å². The first-order valence-corrected chi connectivity index (χ1v) is 7.40. The maximum Gasteiger partial charge on any atom is 0.236 e. The molecule has 0 spiro atoms. The minimum atomic E-state index is -0.0107. The molecule has 6 heteroatoms. The molecule has 1 amide bonds. The summed E-state index contributed by atoms with van der Waals surface area (Å²) in [6, 6.07) is 3.91. The maximum atomic E-state index is 11.6. The van der Waals surface area contributed by atoms with E-state index in [4.69, 9.17) is 0 Å². The van der Waals surface area contributed by atoms with Gasteiger partial charge >= 0.3 is 0 Å². The average Bonchev–Trinajstić information content (AvgIpc) is 2.76. The molecule has 0 aliphatic carbocycles. The molecule has 0 fully saturated rings. The molecule has 1 N–H and O–H groups in total. The molecule has 94 valence electrons. The van der Waals surface area contributed by atoms with Gasteiger partial charge in [0.15, 0.2) is 5.13 Å². The molecule has 0 unspecified atom stereocenters. The predicted octanol–water partition coefficient (Wildman–Crippen LogP) is 2.72. The normalized spacial score (nSPS) is 10.3. The number of anilines is 1. The Morgan fingerprint density at radius 2 is 2.22 bits per heavy atom. The van der Waals surface area contributed by atoms with Crippen molar-refractivity contribution in [2.24, 2.45) is 0 Å². The summed E-state index contributed by atoms with van der Waals surface area (Å²) in [6.45, 7) is 1.96. The minimum Gasteiger partial charge on any atom is -0.301 e.